The first kappa shape index (κ1) is 27.2. The number of benzene rings is 3. The fraction of sp³-hybridized carbons (Fsp3) is 0.355. The fourth-order valence-electron chi connectivity index (χ4n) is 5.49. The zero-order chi connectivity index (χ0) is 27.4. The quantitative estimate of drug-likeness (QED) is 0.422. The Morgan fingerprint density at radius 3 is 2.36 bits per heavy atom. The molecule has 2 heterocycles. The molecule has 0 aliphatic carbocycles. The molecule has 2 aliphatic rings. The molecule has 39 heavy (non-hydrogen) atoms. The molecule has 2 amide bonds. The van der Waals surface area contributed by atoms with Crippen LogP contribution in [0, 0.1) is 0 Å². The molecule has 0 bridgehead atoms. The maximum Gasteiger partial charge on any atom is 0.245 e. The third-order valence-corrected chi connectivity index (χ3v) is 7.94. The molecule has 3 aromatic rings. The zero-order valence-electron chi connectivity index (χ0n) is 22.1. The Morgan fingerprint density at radius 2 is 1.64 bits per heavy atom. The van der Waals surface area contributed by atoms with Crippen molar-refractivity contribution in [3.63, 3.8) is 0 Å². The predicted octanol–water partition coefficient (Wildman–Crippen LogP) is 3.48. The minimum absolute atomic E-state index is 0.0852. The van der Waals surface area contributed by atoms with E-state index in [0.29, 0.717) is 50.6 Å². The average molecular weight is 547 g/mol. The summed E-state index contributed by atoms with van der Waals surface area (Å²) in [6.07, 6.45) is 0.404. The zero-order valence-corrected chi connectivity index (χ0v) is 22.9. The number of hydrogen-bond donors (Lipinski definition) is 3. The molecule has 0 spiro atoms. The van der Waals surface area contributed by atoms with Crippen LogP contribution in [0.5, 0.6) is 0 Å². The summed E-state index contributed by atoms with van der Waals surface area (Å²) in [7, 11) is 0. The van der Waals surface area contributed by atoms with E-state index < -0.39 is 18.2 Å². The summed E-state index contributed by atoms with van der Waals surface area (Å²) in [5, 5.41) is 17.2. The number of fused-ring (bicyclic) bond motifs is 1. The van der Waals surface area contributed by atoms with Crippen molar-refractivity contribution in [2.45, 2.75) is 44.5 Å². The number of nitrogens with one attached hydrogen (secondary N) is 2. The summed E-state index contributed by atoms with van der Waals surface area (Å²) < 4.78 is 0. The Kier molecular flexibility index (Phi) is 8.50. The van der Waals surface area contributed by atoms with Gasteiger partial charge in [0, 0.05) is 55.4 Å². The van der Waals surface area contributed by atoms with Gasteiger partial charge in [-0.2, -0.15) is 0 Å². The van der Waals surface area contributed by atoms with Crippen LogP contribution in [-0.2, 0) is 29.0 Å². The second-order valence-corrected chi connectivity index (χ2v) is 10.8. The van der Waals surface area contributed by atoms with Gasteiger partial charge in [-0.25, -0.2) is 0 Å². The minimum Gasteiger partial charge on any atom is -0.389 e. The minimum atomic E-state index is -0.686. The molecule has 2 aliphatic heterocycles. The topological polar surface area (TPSA) is 84.9 Å². The smallest absolute Gasteiger partial charge is 0.245 e. The molecular weight excluding hydrogens is 512 g/mol. The maximum absolute atomic E-state index is 13.8. The molecule has 0 unspecified atom stereocenters. The number of aliphatic hydroxyl groups is 1. The van der Waals surface area contributed by atoms with Crippen LogP contribution in [0.15, 0.2) is 72.8 Å². The van der Waals surface area contributed by atoms with Gasteiger partial charge in [-0.1, -0.05) is 66.2 Å². The number of para-hydroxylation sites is 1. The van der Waals surface area contributed by atoms with Crippen molar-refractivity contribution in [1.29, 1.82) is 0 Å². The number of hydrogen-bond acceptors (Lipinski definition) is 5. The molecule has 8 heteroatoms. The molecule has 1 saturated heterocycles. The SMILES string of the molecule is C[C@@H](O)c1ccccc1N1CCN(C(=O)[C@@H](Cc2ccc(Cl)cc2)NC(=O)[C@H]2Cc3ccccc3CN2)CC1. The van der Waals surface area contributed by atoms with Crippen LogP contribution in [0.1, 0.15) is 35.3 Å². The summed E-state index contributed by atoms with van der Waals surface area (Å²) in [5.41, 5.74) is 5.17. The molecular formula is C31H35ClN4O3. The summed E-state index contributed by atoms with van der Waals surface area (Å²) in [6, 6.07) is 22.3. The Morgan fingerprint density at radius 1 is 0.974 bits per heavy atom. The predicted molar refractivity (Wildman–Crippen MR) is 154 cm³/mol. The lowest BCUT2D eigenvalue weighted by Gasteiger charge is -2.39. The van der Waals surface area contributed by atoms with Crippen molar-refractivity contribution < 1.29 is 14.7 Å². The van der Waals surface area contributed by atoms with E-state index in [-0.39, 0.29) is 11.8 Å². The number of aliphatic hydroxyl groups excluding tert-OH is 1. The molecule has 7 nitrogen and oxygen atoms in total. The van der Waals surface area contributed by atoms with Crippen molar-refractivity contribution in [3.05, 3.63) is 100 Å². The van der Waals surface area contributed by atoms with Crippen molar-refractivity contribution in [2.75, 3.05) is 31.1 Å². The highest BCUT2D eigenvalue weighted by Gasteiger charge is 2.32. The first-order valence-corrected chi connectivity index (χ1v) is 13.9. The molecule has 0 aromatic heterocycles. The number of carbonyl (C=O) groups is 2. The van der Waals surface area contributed by atoms with Crippen LogP contribution in [0.2, 0.25) is 5.02 Å². The third kappa shape index (κ3) is 6.44. The highest BCUT2D eigenvalue weighted by molar-refractivity contribution is 6.30. The van der Waals surface area contributed by atoms with Gasteiger partial charge in [0.15, 0.2) is 0 Å². The van der Waals surface area contributed by atoms with Crippen molar-refractivity contribution in [1.82, 2.24) is 15.5 Å². The van der Waals surface area contributed by atoms with Crippen LogP contribution in [0.3, 0.4) is 0 Å². The normalized spacial score (nSPS) is 18.7. The lowest BCUT2D eigenvalue weighted by atomic mass is 9.95. The number of piperazine rings is 1. The Labute approximate surface area is 234 Å². The summed E-state index contributed by atoms with van der Waals surface area (Å²) >= 11 is 6.08. The van der Waals surface area contributed by atoms with Gasteiger partial charge in [-0.15, -0.1) is 0 Å². The monoisotopic (exact) mass is 546 g/mol. The standard InChI is InChI=1S/C31H35ClN4O3/c1-21(37)26-8-4-5-9-29(26)35-14-16-36(17-15-35)31(39)28(18-22-10-12-25(32)13-11-22)34-30(38)27-19-23-6-2-3-7-24(23)20-33-27/h2-13,21,27-28,33,37H,14-20H2,1H3,(H,34,38)/t21-,27-,28-/m1/s1. The molecule has 0 radical (unpaired) electrons. The first-order chi connectivity index (χ1) is 18.9. The Balaban J connectivity index is 1.28. The summed E-state index contributed by atoms with van der Waals surface area (Å²) in [4.78, 5) is 31.3. The van der Waals surface area contributed by atoms with E-state index in [1.807, 2.05) is 53.4 Å². The lowest BCUT2D eigenvalue weighted by Crippen LogP contribution is -2.58. The van der Waals surface area contributed by atoms with Crippen LogP contribution in [0.25, 0.3) is 0 Å². The van der Waals surface area contributed by atoms with E-state index in [0.717, 1.165) is 22.4 Å². The number of carbonyl (C=O) groups excluding carboxylic acids is 2. The number of rotatable bonds is 7. The van der Waals surface area contributed by atoms with Gasteiger partial charge in [0.1, 0.15) is 6.04 Å². The van der Waals surface area contributed by atoms with E-state index in [2.05, 4.69) is 27.7 Å². The highest BCUT2D eigenvalue weighted by atomic mass is 35.5. The van der Waals surface area contributed by atoms with E-state index in [1.54, 1.807) is 19.1 Å². The van der Waals surface area contributed by atoms with Gasteiger partial charge in [-0.05, 0) is 48.2 Å². The van der Waals surface area contributed by atoms with Gasteiger partial charge >= 0.3 is 0 Å². The van der Waals surface area contributed by atoms with Crippen LogP contribution >= 0.6 is 11.6 Å². The number of halogens is 1. The largest absolute Gasteiger partial charge is 0.389 e. The number of nitrogens with zero attached hydrogens (tertiary/aromatic N) is 2. The van der Waals surface area contributed by atoms with E-state index >= 15 is 0 Å². The molecule has 1 fully saturated rings. The number of anilines is 1. The third-order valence-electron chi connectivity index (χ3n) is 7.68. The van der Waals surface area contributed by atoms with E-state index in [9.17, 15) is 14.7 Å². The van der Waals surface area contributed by atoms with Gasteiger partial charge in [0.05, 0.1) is 12.1 Å². The first-order valence-electron chi connectivity index (χ1n) is 13.5. The lowest BCUT2D eigenvalue weighted by molar-refractivity contribution is -0.137. The van der Waals surface area contributed by atoms with Crippen LogP contribution < -0.4 is 15.5 Å². The highest BCUT2D eigenvalue weighted by Crippen LogP contribution is 2.27. The average Bonchev–Trinajstić information content (AvgIpc) is 2.97. The molecule has 204 valence electrons. The second-order valence-electron chi connectivity index (χ2n) is 10.3. The molecule has 5 rings (SSSR count). The maximum atomic E-state index is 13.8. The Hall–Kier alpha value is -3.39. The van der Waals surface area contributed by atoms with Crippen LogP contribution in [0.4, 0.5) is 5.69 Å². The van der Waals surface area contributed by atoms with Crippen molar-refractivity contribution in [3.8, 4) is 0 Å². The van der Waals surface area contributed by atoms with Crippen LogP contribution in [-0.4, -0.2) is 60.1 Å². The van der Waals surface area contributed by atoms with E-state index in [1.165, 1.54) is 5.56 Å². The molecule has 3 atom stereocenters. The van der Waals surface area contributed by atoms with Gasteiger partial charge < -0.3 is 25.5 Å². The fourth-order valence-corrected chi connectivity index (χ4v) is 5.61. The van der Waals surface area contributed by atoms with E-state index in [4.69, 9.17) is 11.6 Å². The molecule has 0 saturated carbocycles. The van der Waals surface area contributed by atoms with Crippen molar-refractivity contribution >= 4 is 29.1 Å². The van der Waals surface area contributed by atoms with Crippen molar-refractivity contribution in [2.24, 2.45) is 0 Å². The molecule has 3 N–H and O–H groups in total. The Bertz CT molecular complexity index is 1310. The van der Waals surface area contributed by atoms with Gasteiger partial charge in [0.25, 0.3) is 0 Å². The molecule has 3 aromatic carbocycles. The van der Waals surface area contributed by atoms with Gasteiger partial charge in [-0.3, -0.25) is 9.59 Å². The summed E-state index contributed by atoms with van der Waals surface area (Å²) in [5.74, 6) is -0.251. The summed E-state index contributed by atoms with van der Waals surface area (Å²) in [6.45, 7) is 4.77. The number of amides is 2. The van der Waals surface area contributed by atoms with Gasteiger partial charge in [0.2, 0.25) is 11.8 Å². The second kappa shape index (κ2) is 12.2.